The quantitative estimate of drug-likeness (QED) is 0.776. The van der Waals surface area contributed by atoms with Crippen LogP contribution >= 0.6 is 0 Å². The highest BCUT2D eigenvalue weighted by molar-refractivity contribution is 7.85. The molecule has 2 nitrogen and oxygen atoms in total. The van der Waals surface area contributed by atoms with Crippen LogP contribution < -0.4 is 0 Å². The second-order valence-corrected chi connectivity index (χ2v) is 4.94. The molecule has 0 heterocycles. The predicted molar refractivity (Wildman–Crippen MR) is 58.8 cm³/mol. The third-order valence-electron chi connectivity index (χ3n) is 1.80. The average molecular weight is 230 g/mol. The Labute approximate surface area is 91.9 Å². The fourth-order valence-corrected chi connectivity index (χ4v) is 2.08. The molecule has 15 heavy (non-hydrogen) atoms. The molecule has 0 aliphatic carbocycles. The van der Waals surface area contributed by atoms with Gasteiger partial charge >= 0.3 is 0 Å². The minimum absolute atomic E-state index is 0.114. The van der Waals surface area contributed by atoms with Crippen molar-refractivity contribution in [1.29, 1.82) is 0 Å². The Morgan fingerprint density at radius 1 is 1.40 bits per heavy atom. The van der Waals surface area contributed by atoms with Crippen molar-refractivity contribution >= 4 is 10.8 Å². The molecule has 0 N–H and O–H groups in total. The fraction of sp³-hybridized carbons (Fsp3) is 0.455. The molecule has 0 saturated heterocycles. The molecule has 1 rings (SSSR count). The summed E-state index contributed by atoms with van der Waals surface area (Å²) in [5.74, 6) is -0.0839. The largest absolute Gasteiger partial charge is 0.378 e. The van der Waals surface area contributed by atoms with E-state index in [-0.39, 0.29) is 11.0 Å². The summed E-state index contributed by atoms with van der Waals surface area (Å²) in [5, 5.41) is 0. The molecule has 0 radical (unpaired) electrons. The first-order chi connectivity index (χ1) is 7.11. The van der Waals surface area contributed by atoms with Crippen LogP contribution in [-0.4, -0.2) is 22.7 Å². The lowest BCUT2D eigenvalue weighted by molar-refractivity contribution is 0.0916. The summed E-state index contributed by atoms with van der Waals surface area (Å²) in [4.78, 5) is 0.254. The molecule has 1 unspecified atom stereocenters. The maximum absolute atomic E-state index is 13.2. The molecule has 84 valence electrons. The van der Waals surface area contributed by atoms with Crippen LogP contribution in [0.25, 0.3) is 0 Å². The van der Waals surface area contributed by atoms with E-state index in [2.05, 4.69) is 0 Å². The molecule has 0 aliphatic heterocycles. The summed E-state index contributed by atoms with van der Waals surface area (Å²) in [6, 6.07) is 6.12. The van der Waals surface area contributed by atoms with E-state index in [1.54, 1.807) is 18.2 Å². The van der Waals surface area contributed by atoms with Crippen molar-refractivity contribution in [2.45, 2.75) is 24.8 Å². The zero-order valence-corrected chi connectivity index (χ0v) is 9.72. The average Bonchev–Trinajstić information content (AvgIpc) is 2.17. The summed E-state index contributed by atoms with van der Waals surface area (Å²) >= 11 is 0. The zero-order chi connectivity index (χ0) is 11.3. The van der Waals surface area contributed by atoms with E-state index in [0.717, 1.165) is 0 Å². The topological polar surface area (TPSA) is 26.3 Å². The van der Waals surface area contributed by atoms with E-state index in [1.165, 1.54) is 6.07 Å². The smallest absolute Gasteiger partial charge is 0.139 e. The van der Waals surface area contributed by atoms with Crippen LogP contribution in [-0.2, 0) is 15.5 Å². The number of ether oxygens (including phenoxy) is 1. The van der Waals surface area contributed by atoms with Gasteiger partial charge < -0.3 is 4.74 Å². The number of hydrogen-bond acceptors (Lipinski definition) is 2. The highest BCUT2D eigenvalue weighted by atomic mass is 32.2. The second kappa shape index (κ2) is 5.98. The van der Waals surface area contributed by atoms with Crippen LogP contribution in [0.15, 0.2) is 29.2 Å². The zero-order valence-electron chi connectivity index (χ0n) is 8.90. The Bertz CT molecular complexity index is 339. The van der Waals surface area contributed by atoms with Crippen molar-refractivity contribution < 1.29 is 13.3 Å². The van der Waals surface area contributed by atoms with E-state index >= 15 is 0 Å². The lowest BCUT2D eigenvalue weighted by Crippen LogP contribution is -2.11. The van der Waals surface area contributed by atoms with Gasteiger partial charge in [-0.3, -0.25) is 4.21 Å². The fourth-order valence-electron chi connectivity index (χ4n) is 1.10. The van der Waals surface area contributed by atoms with Crippen LogP contribution in [0, 0.1) is 5.82 Å². The van der Waals surface area contributed by atoms with Gasteiger partial charge in [0.05, 0.1) is 34.2 Å². The Hall–Kier alpha value is -0.740. The standard InChI is InChI=1S/C11H15FO2S/c1-9(2)14-7-8-15(13)11-6-4-3-5-10(11)12/h3-6,9H,7-8H2,1-2H3. The van der Waals surface area contributed by atoms with Gasteiger partial charge in [0.15, 0.2) is 0 Å². The molecule has 0 bridgehead atoms. The Morgan fingerprint density at radius 2 is 2.07 bits per heavy atom. The van der Waals surface area contributed by atoms with Crippen LogP contribution in [0.4, 0.5) is 4.39 Å². The second-order valence-electron chi connectivity index (χ2n) is 3.40. The number of halogens is 1. The van der Waals surface area contributed by atoms with Crippen molar-refractivity contribution in [3.05, 3.63) is 30.1 Å². The van der Waals surface area contributed by atoms with Crippen LogP contribution in [0.1, 0.15) is 13.8 Å². The van der Waals surface area contributed by atoms with E-state index in [9.17, 15) is 8.60 Å². The molecule has 0 aromatic heterocycles. The third kappa shape index (κ3) is 4.10. The molecule has 0 fully saturated rings. The van der Waals surface area contributed by atoms with Crippen LogP contribution in [0.3, 0.4) is 0 Å². The van der Waals surface area contributed by atoms with Gasteiger partial charge in [0, 0.05) is 0 Å². The van der Waals surface area contributed by atoms with Gasteiger partial charge in [-0.05, 0) is 26.0 Å². The van der Waals surface area contributed by atoms with E-state index < -0.39 is 16.6 Å². The van der Waals surface area contributed by atoms with Crippen molar-refractivity contribution in [3.8, 4) is 0 Å². The summed E-state index contributed by atoms with van der Waals surface area (Å²) in [5.41, 5.74) is 0. The highest BCUT2D eigenvalue weighted by Crippen LogP contribution is 2.11. The molecular weight excluding hydrogens is 215 g/mol. The van der Waals surface area contributed by atoms with Gasteiger partial charge in [0.1, 0.15) is 5.82 Å². The lowest BCUT2D eigenvalue weighted by atomic mass is 10.3. The van der Waals surface area contributed by atoms with Crippen molar-refractivity contribution in [3.63, 3.8) is 0 Å². The molecule has 4 heteroatoms. The van der Waals surface area contributed by atoms with E-state index in [4.69, 9.17) is 4.74 Å². The van der Waals surface area contributed by atoms with Gasteiger partial charge in [-0.25, -0.2) is 4.39 Å². The molecular formula is C11H15FO2S. The van der Waals surface area contributed by atoms with Crippen molar-refractivity contribution in [2.75, 3.05) is 12.4 Å². The molecule has 0 saturated carbocycles. The van der Waals surface area contributed by atoms with Gasteiger partial charge in [-0.1, -0.05) is 12.1 Å². The van der Waals surface area contributed by atoms with Crippen molar-refractivity contribution in [1.82, 2.24) is 0 Å². The Morgan fingerprint density at radius 3 is 2.67 bits per heavy atom. The highest BCUT2D eigenvalue weighted by Gasteiger charge is 2.08. The van der Waals surface area contributed by atoms with Crippen molar-refractivity contribution in [2.24, 2.45) is 0 Å². The maximum Gasteiger partial charge on any atom is 0.139 e. The molecule has 1 aromatic carbocycles. The van der Waals surface area contributed by atoms with Crippen LogP contribution in [0.5, 0.6) is 0 Å². The third-order valence-corrected chi connectivity index (χ3v) is 3.16. The van der Waals surface area contributed by atoms with E-state index in [0.29, 0.717) is 12.4 Å². The SMILES string of the molecule is CC(C)OCCS(=O)c1ccccc1F. The number of rotatable bonds is 5. The van der Waals surface area contributed by atoms with Gasteiger partial charge in [0.2, 0.25) is 0 Å². The summed E-state index contributed by atoms with van der Waals surface area (Å²) in [6.07, 6.45) is 0.114. The maximum atomic E-state index is 13.2. The number of benzene rings is 1. The summed E-state index contributed by atoms with van der Waals surface area (Å²) < 4.78 is 30.1. The lowest BCUT2D eigenvalue weighted by Gasteiger charge is -2.07. The van der Waals surface area contributed by atoms with Gasteiger partial charge in [-0.2, -0.15) is 0 Å². The minimum atomic E-state index is -1.31. The first-order valence-corrected chi connectivity index (χ1v) is 6.17. The first-order valence-electron chi connectivity index (χ1n) is 4.85. The number of hydrogen-bond donors (Lipinski definition) is 0. The molecule has 0 spiro atoms. The Kier molecular flexibility index (Phi) is 4.91. The predicted octanol–water partition coefficient (Wildman–Crippen LogP) is 2.36. The first kappa shape index (κ1) is 12.3. The van der Waals surface area contributed by atoms with Gasteiger partial charge in [0.25, 0.3) is 0 Å². The molecule has 0 amide bonds. The summed E-state index contributed by atoms with van der Waals surface area (Å²) in [7, 11) is -1.31. The molecule has 0 aliphatic rings. The van der Waals surface area contributed by atoms with E-state index in [1.807, 2.05) is 13.8 Å². The Balaban J connectivity index is 2.51. The van der Waals surface area contributed by atoms with Crippen LogP contribution in [0.2, 0.25) is 0 Å². The molecule has 1 atom stereocenters. The monoisotopic (exact) mass is 230 g/mol. The molecule has 1 aromatic rings. The summed E-state index contributed by atoms with van der Waals surface area (Å²) in [6.45, 7) is 4.21. The van der Waals surface area contributed by atoms with Gasteiger partial charge in [-0.15, -0.1) is 0 Å². The minimum Gasteiger partial charge on any atom is -0.378 e. The normalized spacial score (nSPS) is 13.1.